The summed E-state index contributed by atoms with van der Waals surface area (Å²) in [5, 5.41) is 0.448. The van der Waals surface area contributed by atoms with Crippen molar-refractivity contribution in [3.8, 4) is 0 Å². The standard InChI is InChI=1S/C4H4Cl2N4/c5-2-1-8-4(6)9-3(2)10-7/h1H,7H2,(H,8,9,10). The topological polar surface area (TPSA) is 63.8 Å². The molecule has 0 bridgehead atoms. The number of anilines is 1. The van der Waals surface area contributed by atoms with Crippen LogP contribution in [-0.4, -0.2) is 9.97 Å². The molecule has 4 nitrogen and oxygen atoms in total. The largest absolute Gasteiger partial charge is 0.307 e. The third-order valence-electron chi connectivity index (χ3n) is 0.851. The molecule has 0 saturated carbocycles. The van der Waals surface area contributed by atoms with Crippen LogP contribution in [-0.2, 0) is 0 Å². The molecule has 1 rings (SSSR count). The van der Waals surface area contributed by atoms with Crippen LogP contribution in [0.15, 0.2) is 6.20 Å². The fourth-order valence-corrected chi connectivity index (χ4v) is 0.726. The molecule has 0 aliphatic rings. The van der Waals surface area contributed by atoms with Gasteiger partial charge < -0.3 is 5.43 Å². The van der Waals surface area contributed by atoms with Crippen molar-refractivity contribution in [3.63, 3.8) is 0 Å². The summed E-state index contributed by atoms with van der Waals surface area (Å²) in [5.74, 6) is 5.36. The number of aromatic nitrogens is 2. The zero-order valence-corrected chi connectivity index (χ0v) is 6.32. The smallest absolute Gasteiger partial charge is 0.224 e. The molecule has 54 valence electrons. The van der Waals surface area contributed by atoms with Gasteiger partial charge in [0.1, 0.15) is 5.02 Å². The number of rotatable bonds is 1. The number of hydrogen-bond donors (Lipinski definition) is 2. The molecule has 1 aromatic rings. The Hall–Kier alpha value is -0.580. The van der Waals surface area contributed by atoms with Crippen LogP contribution in [0.25, 0.3) is 0 Å². The van der Waals surface area contributed by atoms with Gasteiger partial charge in [-0.3, -0.25) is 0 Å². The number of halogens is 2. The molecule has 0 aromatic carbocycles. The zero-order chi connectivity index (χ0) is 7.56. The lowest BCUT2D eigenvalue weighted by Crippen LogP contribution is -2.09. The van der Waals surface area contributed by atoms with Gasteiger partial charge in [0.15, 0.2) is 5.82 Å². The third-order valence-corrected chi connectivity index (χ3v) is 1.31. The molecular weight excluding hydrogens is 175 g/mol. The van der Waals surface area contributed by atoms with E-state index in [-0.39, 0.29) is 5.28 Å². The van der Waals surface area contributed by atoms with E-state index in [1.54, 1.807) is 0 Å². The van der Waals surface area contributed by atoms with Crippen molar-refractivity contribution in [1.82, 2.24) is 9.97 Å². The lowest BCUT2D eigenvalue weighted by atomic mass is 10.6. The third kappa shape index (κ3) is 1.47. The SMILES string of the molecule is NNc1nc(Cl)ncc1Cl. The molecule has 1 aromatic heterocycles. The fraction of sp³-hybridized carbons (Fsp3) is 0. The summed E-state index contributed by atoms with van der Waals surface area (Å²) < 4.78 is 0. The first-order valence-corrected chi connectivity index (χ1v) is 3.14. The lowest BCUT2D eigenvalue weighted by molar-refractivity contribution is 1.14. The molecule has 0 saturated heterocycles. The van der Waals surface area contributed by atoms with Crippen LogP contribution in [0.3, 0.4) is 0 Å². The molecule has 0 aliphatic heterocycles. The van der Waals surface area contributed by atoms with E-state index in [0.717, 1.165) is 0 Å². The second-order valence-corrected chi connectivity index (χ2v) is 2.23. The Labute approximate surface area is 67.3 Å². The molecule has 10 heavy (non-hydrogen) atoms. The summed E-state index contributed by atoms with van der Waals surface area (Å²) in [6, 6.07) is 0. The molecule has 0 atom stereocenters. The maximum absolute atomic E-state index is 5.57. The predicted octanol–water partition coefficient (Wildman–Crippen LogP) is 1.07. The van der Waals surface area contributed by atoms with E-state index >= 15 is 0 Å². The molecular formula is C4H4Cl2N4. The van der Waals surface area contributed by atoms with Crippen molar-refractivity contribution in [2.24, 2.45) is 5.84 Å². The molecule has 0 aliphatic carbocycles. The van der Waals surface area contributed by atoms with E-state index in [4.69, 9.17) is 29.0 Å². The van der Waals surface area contributed by atoms with E-state index < -0.39 is 0 Å². The van der Waals surface area contributed by atoms with Crippen LogP contribution in [0, 0.1) is 0 Å². The average Bonchev–Trinajstić information content (AvgIpc) is 1.94. The number of nitrogens with one attached hydrogen (secondary N) is 1. The Morgan fingerprint density at radius 1 is 1.50 bits per heavy atom. The van der Waals surface area contributed by atoms with Crippen LogP contribution in [0.5, 0.6) is 0 Å². The first-order chi connectivity index (χ1) is 4.74. The summed E-state index contributed by atoms with van der Waals surface area (Å²) in [5.41, 5.74) is 2.27. The molecule has 1 heterocycles. The van der Waals surface area contributed by atoms with Crippen LogP contribution in [0.4, 0.5) is 5.82 Å². The first-order valence-electron chi connectivity index (χ1n) is 2.38. The molecule has 0 radical (unpaired) electrons. The second-order valence-electron chi connectivity index (χ2n) is 1.48. The highest BCUT2D eigenvalue weighted by Gasteiger charge is 1.99. The minimum atomic E-state index is 0.109. The summed E-state index contributed by atoms with van der Waals surface area (Å²) >= 11 is 11.0. The minimum Gasteiger partial charge on any atom is -0.307 e. The average molecular weight is 179 g/mol. The second kappa shape index (κ2) is 3.01. The maximum atomic E-state index is 5.57. The van der Waals surface area contributed by atoms with Gasteiger partial charge >= 0.3 is 0 Å². The quantitative estimate of drug-likeness (QED) is 0.384. The molecule has 0 unspecified atom stereocenters. The van der Waals surface area contributed by atoms with E-state index in [0.29, 0.717) is 10.8 Å². The number of hydrogen-bond acceptors (Lipinski definition) is 4. The van der Waals surface area contributed by atoms with Crippen molar-refractivity contribution in [2.75, 3.05) is 5.43 Å². The normalized spacial score (nSPS) is 9.50. The summed E-state index contributed by atoms with van der Waals surface area (Å²) in [6.45, 7) is 0. The molecule has 0 spiro atoms. The lowest BCUT2D eigenvalue weighted by Gasteiger charge is -1.99. The molecule has 0 fully saturated rings. The number of hydrazine groups is 1. The van der Waals surface area contributed by atoms with E-state index in [1.165, 1.54) is 6.20 Å². The number of nitrogen functional groups attached to an aromatic ring is 1. The van der Waals surface area contributed by atoms with Gasteiger partial charge in [-0.1, -0.05) is 11.6 Å². The summed E-state index contributed by atoms with van der Waals surface area (Å²) in [7, 11) is 0. The number of nitrogens with two attached hydrogens (primary N) is 1. The summed E-state index contributed by atoms with van der Waals surface area (Å²) in [6.07, 6.45) is 1.37. The highest BCUT2D eigenvalue weighted by atomic mass is 35.5. The Balaban J connectivity index is 3.09. The Morgan fingerprint density at radius 3 is 2.70 bits per heavy atom. The zero-order valence-electron chi connectivity index (χ0n) is 4.81. The van der Waals surface area contributed by atoms with Gasteiger partial charge in [-0.05, 0) is 11.6 Å². The van der Waals surface area contributed by atoms with Gasteiger partial charge in [-0.2, -0.15) is 4.98 Å². The molecule has 3 N–H and O–H groups in total. The van der Waals surface area contributed by atoms with E-state index in [9.17, 15) is 0 Å². The Morgan fingerprint density at radius 2 is 2.20 bits per heavy atom. The first kappa shape index (κ1) is 7.53. The van der Waals surface area contributed by atoms with Crippen molar-refractivity contribution in [2.45, 2.75) is 0 Å². The van der Waals surface area contributed by atoms with Crippen molar-refractivity contribution in [1.29, 1.82) is 0 Å². The Kier molecular flexibility index (Phi) is 2.26. The van der Waals surface area contributed by atoms with Gasteiger partial charge in [0.05, 0.1) is 6.20 Å². The fourth-order valence-electron chi connectivity index (χ4n) is 0.447. The minimum absolute atomic E-state index is 0.109. The van der Waals surface area contributed by atoms with E-state index in [1.807, 2.05) is 0 Å². The molecule has 6 heteroatoms. The van der Waals surface area contributed by atoms with Gasteiger partial charge in [-0.25, -0.2) is 10.8 Å². The van der Waals surface area contributed by atoms with Gasteiger partial charge in [0.25, 0.3) is 0 Å². The van der Waals surface area contributed by atoms with Crippen LogP contribution in [0.2, 0.25) is 10.3 Å². The van der Waals surface area contributed by atoms with Crippen LogP contribution in [0.1, 0.15) is 0 Å². The monoisotopic (exact) mass is 178 g/mol. The highest BCUT2D eigenvalue weighted by molar-refractivity contribution is 6.33. The summed E-state index contributed by atoms with van der Waals surface area (Å²) in [4.78, 5) is 7.29. The Bertz CT molecular complexity index is 239. The van der Waals surface area contributed by atoms with E-state index in [2.05, 4.69) is 15.4 Å². The highest BCUT2D eigenvalue weighted by Crippen LogP contribution is 2.17. The van der Waals surface area contributed by atoms with Crippen LogP contribution >= 0.6 is 23.2 Å². The van der Waals surface area contributed by atoms with Crippen LogP contribution < -0.4 is 11.3 Å². The number of nitrogens with zero attached hydrogens (tertiary/aromatic N) is 2. The van der Waals surface area contributed by atoms with Crippen molar-refractivity contribution >= 4 is 29.0 Å². The van der Waals surface area contributed by atoms with Gasteiger partial charge in [-0.15, -0.1) is 0 Å². The van der Waals surface area contributed by atoms with Crippen molar-refractivity contribution in [3.05, 3.63) is 16.5 Å². The van der Waals surface area contributed by atoms with Gasteiger partial charge in [0, 0.05) is 0 Å². The molecule has 0 amide bonds. The predicted molar refractivity (Wildman–Crippen MR) is 39.9 cm³/mol. The van der Waals surface area contributed by atoms with Gasteiger partial charge in [0.2, 0.25) is 5.28 Å². The maximum Gasteiger partial charge on any atom is 0.224 e. The van der Waals surface area contributed by atoms with Crippen molar-refractivity contribution < 1.29 is 0 Å².